The van der Waals surface area contributed by atoms with Crippen LogP contribution >= 0.6 is 0 Å². The summed E-state index contributed by atoms with van der Waals surface area (Å²) in [4.78, 5) is 2.43. The van der Waals surface area contributed by atoms with Gasteiger partial charge in [0.2, 0.25) is 0 Å². The Morgan fingerprint density at radius 1 is 0.842 bits per heavy atom. The van der Waals surface area contributed by atoms with Crippen LogP contribution in [0.25, 0.3) is 11.1 Å². The van der Waals surface area contributed by atoms with E-state index in [1.54, 1.807) is 0 Å². The Bertz CT molecular complexity index is 524. The van der Waals surface area contributed by atoms with Gasteiger partial charge in [0.1, 0.15) is 0 Å². The first-order valence-corrected chi connectivity index (χ1v) is 7.17. The summed E-state index contributed by atoms with van der Waals surface area (Å²) in [6, 6.07) is 19.7. The smallest absolute Gasteiger partial charge is 0.00159 e. The molecule has 1 aliphatic rings. The van der Waals surface area contributed by atoms with E-state index in [1.807, 2.05) is 0 Å². The number of rotatable bonds is 2. The van der Waals surface area contributed by atoms with Crippen LogP contribution in [-0.2, 0) is 0 Å². The van der Waals surface area contributed by atoms with E-state index in [2.05, 4.69) is 66.5 Å². The highest BCUT2D eigenvalue weighted by atomic mass is 15.1. The number of benzene rings is 2. The molecule has 0 atom stereocenters. The molecule has 0 N–H and O–H groups in total. The largest absolute Gasteiger partial charge is 0.306 e. The second kappa shape index (κ2) is 5.58. The summed E-state index contributed by atoms with van der Waals surface area (Å²) in [7, 11) is 2.22. The average molecular weight is 251 g/mol. The van der Waals surface area contributed by atoms with E-state index in [0.29, 0.717) is 5.92 Å². The van der Waals surface area contributed by atoms with Gasteiger partial charge in [0.05, 0.1) is 0 Å². The molecule has 1 saturated heterocycles. The Labute approximate surface area is 115 Å². The number of likely N-dealkylation sites (tertiary alicyclic amines) is 1. The van der Waals surface area contributed by atoms with Crippen LogP contribution in [0.15, 0.2) is 54.6 Å². The van der Waals surface area contributed by atoms with Gasteiger partial charge in [-0.05, 0) is 55.6 Å². The molecule has 0 radical (unpaired) electrons. The third-order valence-corrected chi connectivity index (χ3v) is 4.20. The van der Waals surface area contributed by atoms with Crippen LogP contribution in [0, 0.1) is 0 Å². The van der Waals surface area contributed by atoms with Crippen LogP contribution < -0.4 is 0 Å². The van der Waals surface area contributed by atoms with Gasteiger partial charge in [0.15, 0.2) is 0 Å². The van der Waals surface area contributed by atoms with Crippen LogP contribution in [0.5, 0.6) is 0 Å². The molecule has 0 unspecified atom stereocenters. The molecule has 98 valence electrons. The molecular formula is C18H21N. The fourth-order valence-electron chi connectivity index (χ4n) is 3.05. The van der Waals surface area contributed by atoms with Crippen molar-refractivity contribution in [3.05, 3.63) is 60.2 Å². The van der Waals surface area contributed by atoms with Crippen molar-refractivity contribution >= 4 is 0 Å². The zero-order valence-electron chi connectivity index (χ0n) is 11.5. The van der Waals surface area contributed by atoms with Crippen LogP contribution in [0.2, 0.25) is 0 Å². The van der Waals surface area contributed by atoms with Gasteiger partial charge < -0.3 is 4.90 Å². The van der Waals surface area contributed by atoms with Gasteiger partial charge in [-0.3, -0.25) is 0 Å². The molecule has 0 saturated carbocycles. The SMILES string of the molecule is CN1CCC(c2ccccc2-c2ccccc2)CC1. The van der Waals surface area contributed by atoms with Crippen molar-refractivity contribution in [2.75, 3.05) is 20.1 Å². The molecule has 2 aromatic carbocycles. The van der Waals surface area contributed by atoms with Crippen LogP contribution in [0.1, 0.15) is 24.3 Å². The molecule has 1 fully saturated rings. The Morgan fingerprint density at radius 3 is 2.21 bits per heavy atom. The van der Waals surface area contributed by atoms with Gasteiger partial charge in [-0.1, -0.05) is 54.6 Å². The second-order valence-corrected chi connectivity index (χ2v) is 5.53. The van der Waals surface area contributed by atoms with Gasteiger partial charge in [-0.15, -0.1) is 0 Å². The second-order valence-electron chi connectivity index (χ2n) is 5.53. The maximum Gasteiger partial charge on any atom is -0.00159 e. The van der Waals surface area contributed by atoms with Gasteiger partial charge in [0, 0.05) is 0 Å². The van der Waals surface area contributed by atoms with E-state index in [4.69, 9.17) is 0 Å². The lowest BCUT2D eigenvalue weighted by Crippen LogP contribution is -2.29. The maximum atomic E-state index is 2.43. The fraction of sp³-hybridized carbons (Fsp3) is 0.333. The Kier molecular flexibility index (Phi) is 3.65. The minimum atomic E-state index is 0.715. The highest BCUT2D eigenvalue weighted by molar-refractivity contribution is 5.68. The van der Waals surface area contributed by atoms with Crippen molar-refractivity contribution in [1.29, 1.82) is 0 Å². The van der Waals surface area contributed by atoms with E-state index < -0.39 is 0 Å². The predicted molar refractivity (Wildman–Crippen MR) is 81.4 cm³/mol. The molecule has 0 aromatic heterocycles. The number of nitrogens with zero attached hydrogens (tertiary/aromatic N) is 1. The molecule has 1 aliphatic heterocycles. The highest BCUT2D eigenvalue weighted by Crippen LogP contribution is 2.34. The first-order chi connectivity index (χ1) is 9.34. The van der Waals surface area contributed by atoms with Crippen LogP contribution in [0.3, 0.4) is 0 Å². The molecule has 3 rings (SSSR count). The summed E-state index contributed by atoms with van der Waals surface area (Å²) >= 11 is 0. The third kappa shape index (κ3) is 2.71. The third-order valence-electron chi connectivity index (χ3n) is 4.20. The topological polar surface area (TPSA) is 3.24 Å². The summed E-state index contributed by atoms with van der Waals surface area (Å²) < 4.78 is 0. The van der Waals surface area contributed by atoms with Gasteiger partial charge in [-0.25, -0.2) is 0 Å². The number of hydrogen-bond acceptors (Lipinski definition) is 1. The molecule has 19 heavy (non-hydrogen) atoms. The summed E-state index contributed by atoms with van der Waals surface area (Å²) in [5.74, 6) is 0.715. The zero-order chi connectivity index (χ0) is 13.1. The van der Waals surface area contributed by atoms with Crippen molar-refractivity contribution in [1.82, 2.24) is 4.90 Å². The molecule has 1 heterocycles. The summed E-state index contributed by atoms with van der Waals surface area (Å²) in [6.45, 7) is 2.43. The van der Waals surface area contributed by atoms with Crippen LogP contribution in [-0.4, -0.2) is 25.0 Å². The van der Waals surface area contributed by atoms with E-state index in [9.17, 15) is 0 Å². The van der Waals surface area contributed by atoms with Gasteiger partial charge >= 0.3 is 0 Å². The molecule has 2 aromatic rings. The molecule has 1 heteroatoms. The predicted octanol–water partition coefficient (Wildman–Crippen LogP) is 4.16. The normalized spacial score (nSPS) is 17.5. The standard InChI is InChI=1S/C18H21N/c1-19-13-11-16(12-14-19)18-10-6-5-9-17(18)15-7-3-2-4-8-15/h2-10,16H,11-14H2,1H3. The zero-order valence-corrected chi connectivity index (χ0v) is 11.5. The molecule has 0 amide bonds. The van der Waals surface area contributed by atoms with Gasteiger partial charge in [-0.2, -0.15) is 0 Å². The monoisotopic (exact) mass is 251 g/mol. The van der Waals surface area contributed by atoms with E-state index in [-0.39, 0.29) is 0 Å². The van der Waals surface area contributed by atoms with Crippen molar-refractivity contribution < 1.29 is 0 Å². The lowest BCUT2D eigenvalue weighted by atomic mass is 9.85. The van der Waals surface area contributed by atoms with Crippen molar-refractivity contribution in [3.8, 4) is 11.1 Å². The first kappa shape index (κ1) is 12.4. The average Bonchev–Trinajstić information content (AvgIpc) is 2.49. The number of piperidine rings is 1. The lowest BCUT2D eigenvalue weighted by Gasteiger charge is -2.30. The van der Waals surface area contributed by atoms with Crippen molar-refractivity contribution in [2.45, 2.75) is 18.8 Å². The molecular weight excluding hydrogens is 230 g/mol. The lowest BCUT2D eigenvalue weighted by molar-refractivity contribution is 0.255. The highest BCUT2D eigenvalue weighted by Gasteiger charge is 2.20. The summed E-state index contributed by atoms with van der Waals surface area (Å²) in [6.07, 6.45) is 2.56. The summed E-state index contributed by atoms with van der Waals surface area (Å²) in [5.41, 5.74) is 4.29. The molecule has 1 nitrogen and oxygen atoms in total. The Hall–Kier alpha value is -1.60. The minimum Gasteiger partial charge on any atom is -0.306 e. The molecule has 0 spiro atoms. The number of hydrogen-bond donors (Lipinski definition) is 0. The van der Waals surface area contributed by atoms with E-state index in [0.717, 1.165) is 0 Å². The van der Waals surface area contributed by atoms with E-state index in [1.165, 1.54) is 42.6 Å². The maximum absolute atomic E-state index is 2.43. The fourth-order valence-corrected chi connectivity index (χ4v) is 3.05. The van der Waals surface area contributed by atoms with Crippen molar-refractivity contribution in [2.24, 2.45) is 0 Å². The Balaban J connectivity index is 1.94. The quantitative estimate of drug-likeness (QED) is 0.774. The summed E-state index contributed by atoms with van der Waals surface area (Å²) in [5, 5.41) is 0. The minimum absolute atomic E-state index is 0.715. The first-order valence-electron chi connectivity index (χ1n) is 7.17. The Morgan fingerprint density at radius 2 is 1.47 bits per heavy atom. The van der Waals surface area contributed by atoms with Gasteiger partial charge in [0.25, 0.3) is 0 Å². The molecule has 0 aliphatic carbocycles. The van der Waals surface area contributed by atoms with E-state index >= 15 is 0 Å². The van der Waals surface area contributed by atoms with Crippen molar-refractivity contribution in [3.63, 3.8) is 0 Å². The molecule has 0 bridgehead atoms. The van der Waals surface area contributed by atoms with Crippen LogP contribution in [0.4, 0.5) is 0 Å².